The van der Waals surface area contributed by atoms with Crippen molar-refractivity contribution in [2.24, 2.45) is 5.41 Å². The van der Waals surface area contributed by atoms with Crippen LogP contribution in [0.25, 0.3) is 0 Å². The first-order valence-electron chi connectivity index (χ1n) is 9.70. The van der Waals surface area contributed by atoms with E-state index in [2.05, 4.69) is 20.8 Å². The van der Waals surface area contributed by atoms with Crippen LogP contribution < -0.4 is 0 Å². The molecular formula is C20H40O2. The summed E-state index contributed by atoms with van der Waals surface area (Å²) >= 11 is 0. The maximum absolute atomic E-state index is 10.5. The van der Waals surface area contributed by atoms with Crippen LogP contribution in [-0.4, -0.2) is 11.1 Å². The van der Waals surface area contributed by atoms with Gasteiger partial charge in [-0.3, -0.25) is 4.79 Å². The summed E-state index contributed by atoms with van der Waals surface area (Å²) in [4.78, 5) is 10.5. The third-order valence-corrected chi connectivity index (χ3v) is 4.70. The minimum atomic E-state index is -0.658. The molecule has 0 aromatic rings. The van der Waals surface area contributed by atoms with Crippen LogP contribution in [0.2, 0.25) is 0 Å². The summed E-state index contributed by atoms with van der Waals surface area (Å²) in [6.45, 7) is 7.01. The molecule has 0 radical (unpaired) electrons. The van der Waals surface area contributed by atoms with Crippen LogP contribution in [0.4, 0.5) is 0 Å². The summed E-state index contributed by atoms with van der Waals surface area (Å²) < 4.78 is 0. The second-order valence-electron chi connectivity index (χ2n) is 7.70. The van der Waals surface area contributed by atoms with E-state index in [0.717, 1.165) is 12.8 Å². The molecular weight excluding hydrogens is 272 g/mol. The predicted octanol–water partition coefficient (Wildman–Crippen LogP) is 6.97. The molecule has 0 fully saturated rings. The largest absolute Gasteiger partial charge is 0.481 e. The van der Waals surface area contributed by atoms with Crippen molar-refractivity contribution in [2.45, 2.75) is 117 Å². The number of carboxylic acids is 1. The lowest BCUT2D eigenvalue weighted by atomic mass is 9.82. The summed E-state index contributed by atoms with van der Waals surface area (Å²) in [5, 5.41) is 8.62. The molecule has 0 aliphatic rings. The zero-order valence-corrected chi connectivity index (χ0v) is 15.5. The van der Waals surface area contributed by atoms with Crippen molar-refractivity contribution in [3.63, 3.8) is 0 Å². The van der Waals surface area contributed by atoms with Gasteiger partial charge in [0, 0.05) is 6.42 Å². The molecule has 0 saturated heterocycles. The highest BCUT2D eigenvalue weighted by atomic mass is 16.4. The van der Waals surface area contributed by atoms with Gasteiger partial charge >= 0.3 is 5.97 Å². The van der Waals surface area contributed by atoms with Crippen LogP contribution in [0.3, 0.4) is 0 Å². The van der Waals surface area contributed by atoms with Crippen molar-refractivity contribution in [3.05, 3.63) is 0 Å². The van der Waals surface area contributed by atoms with Gasteiger partial charge in [0.05, 0.1) is 0 Å². The molecule has 0 atom stereocenters. The van der Waals surface area contributed by atoms with Crippen molar-refractivity contribution in [3.8, 4) is 0 Å². The Bertz CT molecular complexity index is 258. The molecule has 132 valence electrons. The molecule has 1 N–H and O–H groups in total. The Labute approximate surface area is 139 Å². The van der Waals surface area contributed by atoms with E-state index in [-0.39, 0.29) is 0 Å². The van der Waals surface area contributed by atoms with Crippen molar-refractivity contribution >= 4 is 5.97 Å². The van der Waals surface area contributed by atoms with Gasteiger partial charge in [-0.15, -0.1) is 0 Å². The molecule has 22 heavy (non-hydrogen) atoms. The number of hydrogen-bond donors (Lipinski definition) is 1. The van der Waals surface area contributed by atoms with Crippen molar-refractivity contribution in [2.75, 3.05) is 0 Å². The molecule has 0 amide bonds. The zero-order chi connectivity index (χ0) is 16.7. The highest BCUT2D eigenvalue weighted by Crippen LogP contribution is 2.30. The van der Waals surface area contributed by atoms with Gasteiger partial charge in [0.1, 0.15) is 0 Å². The van der Waals surface area contributed by atoms with E-state index in [9.17, 15) is 4.79 Å². The van der Waals surface area contributed by atoms with Gasteiger partial charge in [0.15, 0.2) is 0 Å². The van der Waals surface area contributed by atoms with Crippen LogP contribution in [0.1, 0.15) is 117 Å². The fourth-order valence-electron chi connectivity index (χ4n) is 3.10. The number of carbonyl (C=O) groups is 1. The SMILES string of the molecule is CCCCCCCCCCCC(C)(C)CCCCCC(=O)O. The Kier molecular flexibility index (Phi) is 13.7. The molecule has 0 aliphatic carbocycles. The Morgan fingerprint density at radius 3 is 1.59 bits per heavy atom. The molecule has 0 spiro atoms. The second kappa shape index (κ2) is 14.1. The Morgan fingerprint density at radius 2 is 1.14 bits per heavy atom. The summed E-state index contributed by atoms with van der Waals surface area (Å²) in [6.07, 6.45) is 18.5. The van der Waals surface area contributed by atoms with Gasteiger partial charge in [-0.05, 0) is 24.7 Å². The van der Waals surface area contributed by atoms with E-state index in [1.54, 1.807) is 0 Å². The average molecular weight is 313 g/mol. The molecule has 2 heteroatoms. The fourth-order valence-corrected chi connectivity index (χ4v) is 3.10. The van der Waals surface area contributed by atoms with Gasteiger partial charge < -0.3 is 5.11 Å². The minimum absolute atomic E-state index is 0.332. The van der Waals surface area contributed by atoms with E-state index in [1.165, 1.54) is 77.0 Å². The van der Waals surface area contributed by atoms with E-state index in [0.29, 0.717) is 11.8 Å². The summed E-state index contributed by atoms with van der Waals surface area (Å²) in [7, 11) is 0. The lowest BCUT2D eigenvalue weighted by Gasteiger charge is -2.24. The minimum Gasteiger partial charge on any atom is -0.481 e. The maximum Gasteiger partial charge on any atom is 0.303 e. The molecule has 0 aliphatic heterocycles. The van der Waals surface area contributed by atoms with Gasteiger partial charge in [0.25, 0.3) is 0 Å². The van der Waals surface area contributed by atoms with Crippen LogP contribution in [0.5, 0.6) is 0 Å². The molecule has 0 aromatic heterocycles. The Morgan fingerprint density at radius 1 is 0.727 bits per heavy atom. The topological polar surface area (TPSA) is 37.3 Å². The zero-order valence-electron chi connectivity index (χ0n) is 15.5. The normalized spacial score (nSPS) is 11.8. The van der Waals surface area contributed by atoms with Gasteiger partial charge in [-0.25, -0.2) is 0 Å². The number of unbranched alkanes of at least 4 members (excludes halogenated alkanes) is 10. The molecule has 0 bridgehead atoms. The number of rotatable bonds is 16. The number of hydrogen-bond acceptors (Lipinski definition) is 1. The van der Waals surface area contributed by atoms with Gasteiger partial charge in [-0.1, -0.05) is 91.4 Å². The Balaban J connectivity index is 3.38. The first kappa shape index (κ1) is 21.5. The predicted molar refractivity (Wildman–Crippen MR) is 96.3 cm³/mol. The van der Waals surface area contributed by atoms with Crippen LogP contribution in [-0.2, 0) is 4.79 Å². The second-order valence-corrected chi connectivity index (χ2v) is 7.70. The summed E-state index contributed by atoms with van der Waals surface area (Å²) in [5.41, 5.74) is 0.435. The first-order chi connectivity index (χ1) is 10.5. The van der Waals surface area contributed by atoms with E-state index in [4.69, 9.17) is 5.11 Å². The highest BCUT2D eigenvalue weighted by Gasteiger charge is 2.16. The van der Waals surface area contributed by atoms with Crippen molar-refractivity contribution in [1.29, 1.82) is 0 Å². The van der Waals surface area contributed by atoms with E-state index in [1.807, 2.05) is 0 Å². The fraction of sp³-hybridized carbons (Fsp3) is 0.950. The van der Waals surface area contributed by atoms with Crippen LogP contribution >= 0.6 is 0 Å². The number of aliphatic carboxylic acids is 1. The van der Waals surface area contributed by atoms with Crippen molar-refractivity contribution in [1.82, 2.24) is 0 Å². The molecule has 2 nitrogen and oxygen atoms in total. The highest BCUT2D eigenvalue weighted by molar-refractivity contribution is 5.66. The lowest BCUT2D eigenvalue weighted by Crippen LogP contribution is -2.11. The van der Waals surface area contributed by atoms with E-state index < -0.39 is 5.97 Å². The third-order valence-electron chi connectivity index (χ3n) is 4.70. The Hall–Kier alpha value is -0.530. The standard InChI is InChI=1S/C20H40O2/c1-4-5-6-7-8-9-10-11-14-17-20(2,3)18-15-12-13-16-19(21)22/h4-18H2,1-3H3,(H,21,22). The summed E-state index contributed by atoms with van der Waals surface area (Å²) in [6, 6.07) is 0. The monoisotopic (exact) mass is 312 g/mol. The third kappa shape index (κ3) is 15.9. The number of carboxylic acid groups (broad SMARTS) is 1. The molecule has 0 rings (SSSR count). The molecule has 0 unspecified atom stereocenters. The van der Waals surface area contributed by atoms with Crippen molar-refractivity contribution < 1.29 is 9.90 Å². The molecule has 0 saturated carbocycles. The van der Waals surface area contributed by atoms with Crippen LogP contribution in [0, 0.1) is 5.41 Å². The smallest absolute Gasteiger partial charge is 0.303 e. The quantitative estimate of drug-likeness (QED) is 0.312. The van der Waals surface area contributed by atoms with E-state index >= 15 is 0 Å². The maximum atomic E-state index is 10.5. The van der Waals surface area contributed by atoms with Gasteiger partial charge in [-0.2, -0.15) is 0 Å². The van der Waals surface area contributed by atoms with Crippen LogP contribution in [0.15, 0.2) is 0 Å². The average Bonchev–Trinajstić information content (AvgIpc) is 2.44. The lowest BCUT2D eigenvalue weighted by molar-refractivity contribution is -0.137. The molecule has 0 aromatic carbocycles. The first-order valence-corrected chi connectivity index (χ1v) is 9.70. The molecule has 0 heterocycles. The summed E-state index contributed by atoms with van der Waals surface area (Å²) in [5.74, 6) is -0.658. The van der Waals surface area contributed by atoms with Gasteiger partial charge in [0.2, 0.25) is 0 Å².